The molecule has 30 heavy (non-hydrogen) atoms. The Kier molecular flexibility index (Phi) is 6.09. The molecule has 0 saturated carbocycles. The lowest BCUT2D eigenvalue weighted by atomic mass is 10.2. The van der Waals surface area contributed by atoms with Gasteiger partial charge in [-0.1, -0.05) is 30.0 Å². The lowest BCUT2D eigenvalue weighted by molar-refractivity contribution is -0.113. The number of para-hydroxylation sites is 2. The van der Waals surface area contributed by atoms with E-state index in [1.54, 1.807) is 12.1 Å². The van der Waals surface area contributed by atoms with Crippen LogP contribution in [0.5, 0.6) is 0 Å². The van der Waals surface area contributed by atoms with Gasteiger partial charge in [-0.3, -0.25) is 4.79 Å². The van der Waals surface area contributed by atoms with Crippen LogP contribution in [0.2, 0.25) is 0 Å². The number of hydrogen-bond donors (Lipinski definition) is 1. The average molecular weight is 448 g/mol. The third kappa shape index (κ3) is 4.51. The number of anilines is 1. The smallest absolute Gasteiger partial charge is 0.257 e. The number of rotatable bonds is 6. The van der Waals surface area contributed by atoms with Crippen molar-refractivity contribution >= 4 is 44.5 Å². The van der Waals surface area contributed by atoms with Gasteiger partial charge in [-0.15, -0.1) is 0 Å². The number of carbonyl (C=O) groups is 1. The van der Waals surface area contributed by atoms with Crippen LogP contribution in [-0.4, -0.2) is 55.7 Å². The minimum absolute atomic E-state index is 0.0900. The Balaban J connectivity index is 1.44. The standard InChI is InChI=1S/C20H21N3O5S2/c1-14-6-7-15(30(25,26)23-8-10-27-11-9-23)12-17(14)21-19(24)13-29-20-22-16-4-2-3-5-18(16)28-20/h2-7,12H,8-11,13H2,1H3,(H,21,24). The molecule has 1 aliphatic rings. The monoisotopic (exact) mass is 447 g/mol. The van der Waals surface area contributed by atoms with Crippen LogP contribution < -0.4 is 5.32 Å². The fraction of sp³-hybridized carbons (Fsp3) is 0.300. The van der Waals surface area contributed by atoms with Gasteiger partial charge in [0.2, 0.25) is 15.9 Å². The molecule has 0 unspecified atom stereocenters. The van der Waals surface area contributed by atoms with Crippen molar-refractivity contribution in [3.05, 3.63) is 48.0 Å². The molecule has 1 N–H and O–H groups in total. The van der Waals surface area contributed by atoms with Gasteiger partial charge in [0.25, 0.3) is 5.22 Å². The van der Waals surface area contributed by atoms with Crippen LogP contribution in [-0.2, 0) is 19.6 Å². The van der Waals surface area contributed by atoms with Crippen LogP contribution in [0.25, 0.3) is 11.1 Å². The van der Waals surface area contributed by atoms with E-state index in [2.05, 4.69) is 10.3 Å². The number of sulfonamides is 1. The first-order valence-electron chi connectivity index (χ1n) is 9.40. The predicted molar refractivity (Wildman–Crippen MR) is 114 cm³/mol. The van der Waals surface area contributed by atoms with Gasteiger partial charge in [0.15, 0.2) is 5.58 Å². The highest BCUT2D eigenvalue weighted by Crippen LogP contribution is 2.26. The van der Waals surface area contributed by atoms with E-state index in [0.29, 0.717) is 42.8 Å². The summed E-state index contributed by atoms with van der Waals surface area (Å²) in [4.78, 5) is 16.9. The Hall–Kier alpha value is -2.40. The number of aryl methyl sites for hydroxylation is 1. The SMILES string of the molecule is Cc1ccc(S(=O)(=O)N2CCOCC2)cc1NC(=O)CSc1nc2ccccc2o1. The molecule has 3 aromatic rings. The maximum atomic E-state index is 12.9. The minimum Gasteiger partial charge on any atom is -0.431 e. The first-order valence-corrected chi connectivity index (χ1v) is 11.8. The molecule has 0 atom stereocenters. The van der Waals surface area contributed by atoms with Crippen LogP contribution in [0.3, 0.4) is 0 Å². The Morgan fingerprint density at radius 1 is 1.20 bits per heavy atom. The van der Waals surface area contributed by atoms with E-state index in [0.717, 1.165) is 11.1 Å². The molecule has 0 radical (unpaired) electrons. The second-order valence-electron chi connectivity index (χ2n) is 6.78. The number of oxazole rings is 1. The van der Waals surface area contributed by atoms with Crippen LogP contribution in [0.15, 0.2) is 57.0 Å². The summed E-state index contributed by atoms with van der Waals surface area (Å²) in [5.41, 5.74) is 2.64. The van der Waals surface area contributed by atoms with Crippen molar-refractivity contribution in [1.82, 2.24) is 9.29 Å². The molecule has 4 rings (SSSR count). The summed E-state index contributed by atoms with van der Waals surface area (Å²) in [5.74, 6) is -0.182. The second kappa shape index (κ2) is 8.76. The Labute approximate surface area is 178 Å². The molecular formula is C20H21N3O5S2. The number of amides is 1. The van der Waals surface area contributed by atoms with Crippen molar-refractivity contribution in [3.8, 4) is 0 Å². The molecule has 2 heterocycles. The van der Waals surface area contributed by atoms with Gasteiger partial charge in [0.1, 0.15) is 5.52 Å². The summed E-state index contributed by atoms with van der Waals surface area (Å²) in [7, 11) is -3.64. The fourth-order valence-corrected chi connectivity index (χ4v) is 5.13. The molecule has 1 amide bonds. The molecule has 8 nitrogen and oxygen atoms in total. The van der Waals surface area contributed by atoms with Gasteiger partial charge >= 0.3 is 0 Å². The Bertz CT molecular complexity index is 1140. The van der Waals surface area contributed by atoms with E-state index in [-0.39, 0.29) is 16.6 Å². The normalized spacial score (nSPS) is 15.4. The summed E-state index contributed by atoms with van der Waals surface area (Å²) in [6.07, 6.45) is 0. The molecule has 1 aromatic heterocycles. The van der Waals surface area contributed by atoms with Crippen molar-refractivity contribution in [1.29, 1.82) is 0 Å². The largest absolute Gasteiger partial charge is 0.431 e. The molecule has 0 aliphatic carbocycles. The average Bonchev–Trinajstić information content (AvgIpc) is 3.17. The van der Waals surface area contributed by atoms with Gasteiger partial charge in [-0.25, -0.2) is 13.4 Å². The molecular weight excluding hydrogens is 426 g/mol. The Morgan fingerprint density at radius 3 is 2.73 bits per heavy atom. The number of benzene rings is 2. The summed E-state index contributed by atoms with van der Waals surface area (Å²) >= 11 is 1.18. The van der Waals surface area contributed by atoms with Gasteiger partial charge in [-0.05, 0) is 36.8 Å². The lowest BCUT2D eigenvalue weighted by Gasteiger charge is -2.26. The van der Waals surface area contributed by atoms with Crippen molar-refractivity contribution in [3.63, 3.8) is 0 Å². The van der Waals surface area contributed by atoms with Crippen LogP contribution in [0.4, 0.5) is 5.69 Å². The number of fused-ring (bicyclic) bond motifs is 1. The fourth-order valence-electron chi connectivity index (χ4n) is 3.06. The van der Waals surface area contributed by atoms with Gasteiger partial charge in [0.05, 0.1) is 23.9 Å². The van der Waals surface area contributed by atoms with E-state index in [9.17, 15) is 13.2 Å². The summed E-state index contributed by atoms with van der Waals surface area (Å²) in [6.45, 7) is 3.20. The summed E-state index contributed by atoms with van der Waals surface area (Å²) < 4.78 is 38.0. The first kappa shape index (κ1) is 20.9. The number of carbonyl (C=O) groups excluding carboxylic acids is 1. The second-order valence-corrected chi connectivity index (χ2v) is 9.64. The number of thioether (sulfide) groups is 1. The zero-order chi connectivity index (χ0) is 21.1. The molecule has 0 bridgehead atoms. The molecule has 1 aliphatic heterocycles. The molecule has 158 valence electrons. The lowest BCUT2D eigenvalue weighted by Crippen LogP contribution is -2.40. The molecule has 10 heteroatoms. The third-order valence-electron chi connectivity index (χ3n) is 4.69. The molecule has 1 saturated heterocycles. The zero-order valence-corrected chi connectivity index (χ0v) is 18.0. The van der Waals surface area contributed by atoms with Crippen molar-refractivity contribution in [2.24, 2.45) is 0 Å². The quantitative estimate of drug-likeness (QED) is 0.580. The van der Waals surface area contributed by atoms with Gasteiger partial charge in [-0.2, -0.15) is 4.31 Å². The van der Waals surface area contributed by atoms with E-state index in [4.69, 9.17) is 9.15 Å². The molecule has 1 fully saturated rings. The van der Waals surface area contributed by atoms with Crippen molar-refractivity contribution < 1.29 is 22.4 Å². The first-order chi connectivity index (χ1) is 14.4. The summed E-state index contributed by atoms with van der Waals surface area (Å²) in [5, 5.41) is 3.20. The Morgan fingerprint density at radius 2 is 1.97 bits per heavy atom. The highest BCUT2D eigenvalue weighted by atomic mass is 32.2. The minimum atomic E-state index is -3.64. The summed E-state index contributed by atoms with van der Waals surface area (Å²) in [6, 6.07) is 12.1. The van der Waals surface area contributed by atoms with Gasteiger partial charge in [0, 0.05) is 18.8 Å². The van der Waals surface area contributed by atoms with E-state index in [1.165, 1.54) is 22.1 Å². The number of nitrogens with zero attached hydrogens (tertiary/aromatic N) is 2. The van der Waals surface area contributed by atoms with Crippen LogP contribution >= 0.6 is 11.8 Å². The number of ether oxygens (including phenoxy) is 1. The zero-order valence-electron chi connectivity index (χ0n) is 16.3. The number of aromatic nitrogens is 1. The topological polar surface area (TPSA) is 102 Å². The van der Waals surface area contributed by atoms with E-state index >= 15 is 0 Å². The maximum absolute atomic E-state index is 12.9. The number of nitrogens with one attached hydrogen (secondary N) is 1. The van der Waals surface area contributed by atoms with E-state index < -0.39 is 10.0 Å². The highest BCUT2D eigenvalue weighted by Gasteiger charge is 2.27. The number of hydrogen-bond acceptors (Lipinski definition) is 7. The van der Waals surface area contributed by atoms with E-state index in [1.807, 2.05) is 31.2 Å². The van der Waals surface area contributed by atoms with Crippen molar-refractivity contribution in [2.45, 2.75) is 17.0 Å². The van der Waals surface area contributed by atoms with Crippen LogP contribution in [0.1, 0.15) is 5.56 Å². The molecule has 2 aromatic carbocycles. The number of morpholine rings is 1. The van der Waals surface area contributed by atoms with Gasteiger partial charge < -0.3 is 14.5 Å². The molecule has 0 spiro atoms. The third-order valence-corrected chi connectivity index (χ3v) is 7.41. The van der Waals surface area contributed by atoms with Crippen LogP contribution in [0, 0.1) is 6.92 Å². The highest BCUT2D eigenvalue weighted by molar-refractivity contribution is 7.99. The van der Waals surface area contributed by atoms with Crippen molar-refractivity contribution in [2.75, 3.05) is 37.4 Å². The maximum Gasteiger partial charge on any atom is 0.257 e. The predicted octanol–water partition coefficient (Wildman–Crippen LogP) is 2.89.